The molecule has 0 amide bonds. The molecule has 0 unspecified atom stereocenters. The molecule has 3 aliphatic rings. The molecule has 1 fully saturated rings. The molecule has 1 nitrogen and oxygen atoms in total. The van der Waals surface area contributed by atoms with Gasteiger partial charge in [-0.15, -0.1) is 0 Å². The summed E-state index contributed by atoms with van der Waals surface area (Å²) in [6.07, 6.45) is 6.50. The van der Waals surface area contributed by atoms with Crippen LogP contribution in [0.15, 0.2) is 121 Å². The molecule has 0 aromatic heterocycles. The lowest BCUT2D eigenvalue weighted by Crippen LogP contribution is -2.27. The molecule has 0 saturated heterocycles. The van der Waals surface area contributed by atoms with Crippen LogP contribution in [0.1, 0.15) is 43.2 Å². The van der Waals surface area contributed by atoms with Gasteiger partial charge in [0.2, 0.25) is 0 Å². The molecule has 6 aromatic rings. The van der Waals surface area contributed by atoms with Crippen LogP contribution in [0.5, 0.6) is 11.5 Å². The first-order valence-corrected chi connectivity index (χ1v) is 15.0. The summed E-state index contributed by atoms with van der Waals surface area (Å²) in [6, 6.07) is 44.8. The molecule has 6 aromatic carbocycles. The van der Waals surface area contributed by atoms with Gasteiger partial charge in [0, 0.05) is 16.4 Å². The highest BCUT2D eigenvalue weighted by Gasteiger charge is 2.44. The average Bonchev–Trinajstić information content (AvgIpc) is 3.31. The van der Waals surface area contributed by atoms with Crippen LogP contribution in [-0.4, -0.2) is 0 Å². The van der Waals surface area contributed by atoms with Gasteiger partial charge in [0.05, 0.1) is 0 Å². The standard InChI is InChI=1S/C40H30O/c1-4-22-40(23-5-1)34-17-3-2-14-32(34)39-30(15-9-18-35(39)40)29-13-6-12-27(24-29)28-20-21-36-33(25-28)31-16-7-10-26-11-8-19-37(41-36)38(26)31/h2-3,6-21,24-25H,1,4-5,22-23H2. The number of hydrogen-bond donors (Lipinski definition) is 0. The van der Waals surface area contributed by atoms with E-state index in [-0.39, 0.29) is 5.41 Å². The molecule has 0 N–H and O–H groups in total. The van der Waals surface area contributed by atoms with Crippen molar-refractivity contribution >= 4 is 10.8 Å². The van der Waals surface area contributed by atoms with Gasteiger partial charge < -0.3 is 4.74 Å². The highest BCUT2D eigenvalue weighted by Crippen LogP contribution is 2.58. The molecule has 0 atom stereocenters. The maximum Gasteiger partial charge on any atom is 0.135 e. The fraction of sp³-hybridized carbons (Fsp3) is 0.150. The zero-order valence-corrected chi connectivity index (χ0v) is 23.0. The van der Waals surface area contributed by atoms with Crippen LogP contribution < -0.4 is 4.74 Å². The van der Waals surface area contributed by atoms with Crippen LogP contribution in [0.25, 0.3) is 55.3 Å². The van der Waals surface area contributed by atoms with E-state index in [0.717, 1.165) is 17.1 Å². The van der Waals surface area contributed by atoms with Crippen LogP contribution in [-0.2, 0) is 5.41 Å². The zero-order valence-electron chi connectivity index (χ0n) is 23.0. The molecule has 1 aliphatic heterocycles. The van der Waals surface area contributed by atoms with E-state index >= 15 is 0 Å². The maximum absolute atomic E-state index is 6.37. The minimum absolute atomic E-state index is 0.174. The Hall–Kier alpha value is -4.62. The van der Waals surface area contributed by atoms with Crippen molar-refractivity contribution in [3.8, 4) is 56.0 Å². The van der Waals surface area contributed by atoms with Crippen molar-refractivity contribution in [1.82, 2.24) is 0 Å². The summed E-state index contributed by atoms with van der Waals surface area (Å²) in [6.45, 7) is 0. The van der Waals surface area contributed by atoms with Crippen molar-refractivity contribution in [3.05, 3.63) is 132 Å². The van der Waals surface area contributed by atoms with Gasteiger partial charge in [0.15, 0.2) is 0 Å². The Morgan fingerprint density at radius 2 is 1.17 bits per heavy atom. The Morgan fingerprint density at radius 1 is 0.463 bits per heavy atom. The molecule has 41 heavy (non-hydrogen) atoms. The maximum atomic E-state index is 6.37. The highest BCUT2D eigenvalue weighted by atomic mass is 16.5. The molecule has 196 valence electrons. The molecule has 1 heteroatoms. The molecule has 0 radical (unpaired) electrons. The smallest absolute Gasteiger partial charge is 0.135 e. The molecule has 0 bridgehead atoms. The largest absolute Gasteiger partial charge is 0.456 e. The number of fused-ring (bicyclic) bond motifs is 7. The van der Waals surface area contributed by atoms with Crippen molar-refractivity contribution in [1.29, 1.82) is 0 Å². The second-order valence-corrected chi connectivity index (χ2v) is 12.0. The normalized spacial score (nSPS) is 15.7. The van der Waals surface area contributed by atoms with E-state index in [0.29, 0.717) is 0 Å². The lowest BCUT2D eigenvalue weighted by atomic mass is 9.68. The third-order valence-electron chi connectivity index (χ3n) is 9.86. The quantitative estimate of drug-likeness (QED) is 0.218. The zero-order chi connectivity index (χ0) is 27.0. The van der Waals surface area contributed by atoms with Crippen molar-refractivity contribution in [2.45, 2.75) is 37.5 Å². The monoisotopic (exact) mass is 526 g/mol. The average molecular weight is 527 g/mol. The Kier molecular flexibility index (Phi) is 4.90. The van der Waals surface area contributed by atoms with Gasteiger partial charge in [-0.3, -0.25) is 0 Å². The number of rotatable bonds is 2. The summed E-state index contributed by atoms with van der Waals surface area (Å²) in [7, 11) is 0. The summed E-state index contributed by atoms with van der Waals surface area (Å²) in [5.74, 6) is 1.86. The number of hydrogen-bond acceptors (Lipinski definition) is 1. The Labute approximate surface area is 241 Å². The molecular formula is C40H30O. The van der Waals surface area contributed by atoms with Crippen molar-refractivity contribution in [2.75, 3.05) is 0 Å². The van der Waals surface area contributed by atoms with Gasteiger partial charge in [0.25, 0.3) is 0 Å². The summed E-state index contributed by atoms with van der Waals surface area (Å²) in [5.41, 5.74) is 13.6. The number of ether oxygens (including phenoxy) is 1. The number of benzene rings is 6. The van der Waals surface area contributed by atoms with Crippen molar-refractivity contribution in [3.63, 3.8) is 0 Å². The third-order valence-corrected chi connectivity index (χ3v) is 9.86. The molecule has 1 heterocycles. The SMILES string of the molecule is c1cc(-c2ccc3c(c2)-c2cccc4cccc(c24)O3)cc(-c2cccc3c2-c2ccccc2C32CCCCC2)c1. The van der Waals surface area contributed by atoms with E-state index in [1.165, 1.54) is 81.8 Å². The highest BCUT2D eigenvalue weighted by molar-refractivity contribution is 6.04. The second-order valence-electron chi connectivity index (χ2n) is 12.0. The fourth-order valence-electron chi connectivity index (χ4n) is 8.05. The summed E-state index contributed by atoms with van der Waals surface area (Å²) < 4.78 is 6.37. The van der Waals surface area contributed by atoms with Gasteiger partial charge >= 0.3 is 0 Å². The van der Waals surface area contributed by atoms with E-state index in [9.17, 15) is 0 Å². The predicted molar refractivity (Wildman–Crippen MR) is 170 cm³/mol. The van der Waals surface area contributed by atoms with Crippen LogP contribution in [0.2, 0.25) is 0 Å². The van der Waals surface area contributed by atoms with E-state index in [1.54, 1.807) is 11.1 Å². The van der Waals surface area contributed by atoms with E-state index in [1.807, 2.05) is 0 Å². The van der Waals surface area contributed by atoms with Crippen LogP contribution >= 0.6 is 0 Å². The first-order chi connectivity index (χ1) is 20.3. The second kappa shape index (κ2) is 8.69. The Morgan fingerprint density at radius 3 is 2.10 bits per heavy atom. The van der Waals surface area contributed by atoms with Gasteiger partial charge in [-0.2, -0.15) is 0 Å². The first kappa shape index (κ1) is 23.1. The Bertz CT molecular complexity index is 2000. The van der Waals surface area contributed by atoms with Crippen LogP contribution in [0, 0.1) is 0 Å². The summed E-state index contributed by atoms with van der Waals surface area (Å²) in [5, 5.41) is 2.41. The minimum atomic E-state index is 0.174. The molecule has 1 saturated carbocycles. The van der Waals surface area contributed by atoms with Crippen LogP contribution in [0.3, 0.4) is 0 Å². The third kappa shape index (κ3) is 3.29. The molecule has 2 aliphatic carbocycles. The minimum Gasteiger partial charge on any atom is -0.456 e. The molecular weight excluding hydrogens is 496 g/mol. The lowest BCUT2D eigenvalue weighted by molar-refractivity contribution is 0.353. The van der Waals surface area contributed by atoms with Gasteiger partial charge in [0.1, 0.15) is 11.5 Å². The van der Waals surface area contributed by atoms with Crippen LogP contribution in [0.4, 0.5) is 0 Å². The van der Waals surface area contributed by atoms with Gasteiger partial charge in [-0.1, -0.05) is 116 Å². The fourth-order valence-corrected chi connectivity index (χ4v) is 8.05. The summed E-state index contributed by atoms with van der Waals surface area (Å²) in [4.78, 5) is 0. The van der Waals surface area contributed by atoms with Gasteiger partial charge in [-0.25, -0.2) is 0 Å². The van der Waals surface area contributed by atoms with Gasteiger partial charge in [-0.05, 0) is 92.6 Å². The van der Waals surface area contributed by atoms with E-state index in [2.05, 4.69) is 121 Å². The summed E-state index contributed by atoms with van der Waals surface area (Å²) >= 11 is 0. The predicted octanol–water partition coefficient (Wildman–Crippen LogP) is 11.2. The van der Waals surface area contributed by atoms with Crippen molar-refractivity contribution < 1.29 is 4.74 Å². The lowest BCUT2D eigenvalue weighted by Gasteiger charge is -2.36. The topological polar surface area (TPSA) is 9.23 Å². The van der Waals surface area contributed by atoms with Crippen molar-refractivity contribution in [2.24, 2.45) is 0 Å². The van der Waals surface area contributed by atoms with E-state index in [4.69, 9.17) is 4.74 Å². The first-order valence-electron chi connectivity index (χ1n) is 15.0. The molecule has 1 spiro atoms. The Balaban J connectivity index is 1.19. The molecule has 9 rings (SSSR count). The van der Waals surface area contributed by atoms with E-state index < -0.39 is 0 Å².